The molecule has 150 valence electrons. The van der Waals surface area contributed by atoms with Crippen LogP contribution in [0.5, 0.6) is 5.75 Å². The fraction of sp³-hybridized carbons (Fsp3) is 0.227. The summed E-state index contributed by atoms with van der Waals surface area (Å²) in [6, 6.07) is 18.1. The number of sulfone groups is 1. The van der Waals surface area contributed by atoms with E-state index in [1.165, 1.54) is 0 Å². The largest absolute Gasteiger partial charge is 0.494 e. The van der Waals surface area contributed by atoms with E-state index >= 15 is 0 Å². The lowest BCUT2D eigenvalue weighted by molar-refractivity contribution is 0.282. The molecule has 0 unspecified atom stereocenters. The molecule has 0 aliphatic carbocycles. The zero-order chi connectivity index (χ0) is 20.4. The van der Waals surface area contributed by atoms with E-state index < -0.39 is 9.84 Å². The number of hydrogen-bond acceptors (Lipinski definition) is 5. The molecule has 1 heterocycles. The molecule has 0 spiro atoms. The summed E-state index contributed by atoms with van der Waals surface area (Å²) in [5.74, 6) is 0.632. The summed E-state index contributed by atoms with van der Waals surface area (Å²) in [6.07, 6.45) is 0.886. The fourth-order valence-electron chi connectivity index (χ4n) is 3.37. The van der Waals surface area contributed by atoms with Gasteiger partial charge in [0.05, 0.1) is 17.0 Å². The van der Waals surface area contributed by atoms with Crippen LogP contribution in [0.4, 0.5) is 0 Å². The number of aromatic amines is 1. The molecule has 0 fully saturated rings. The van der Waals surface area contributed by atoms with E-state index in [0.717, 1.165) is 18.4 Å². The van der Waals surface area contributed by atoms with Crippen molar-refractivity contribution >= 4 is 31.5 Å². The van der Waals surface area contributed by atoms with Crippen molar-refractivity contribution < 1.29 is 13.2 Å². The van der Waals surface area contributed by atoms with Crippen molar-refractivity contribution in [2.24, 2.45) is 0 Å². The molecule has 7 heteroatoms. The molecule has 0 amide bonds. The Hall–Kier alpha value is -2.90. The van der Waals surface area contributed by atoms with Crippen LogP contribution in [0.3, 0.4) is 0 Å². The van der Waals surface area contributed by atoms with Crippen LogP contribution in [0.25, 0.3) is 21.7 Å². The SMILES string of the molecule is CN(C)CCCOc1ccc2[nH]nc(S(=O)(=O)c3cccc4ccccc34)c2c1. The van der Waals surface area contributed by atoms with Gasteiger partial charge in [0.2, 0.25) is 9.84 Å². The average Bonchev–Trinajstić information content (AvgIpc) is 3.15. The Morgan fingerprint density at radius 1 is 1.00 bits per heavy atom. The summed E-state index contributed by atoms with van der Waals surface area (Å²) in [6.45, 7) is 1.49. The third-order valence-electron chi connectivity index (χ3n) is 4.81. The van der Waals surface area contributed by atoms with Crippen molar-refractivity contribution in [3.8, 4) is 5.75 Å². The Morgan fingerprint density at radius 2 is 1.79 bits per heavy atom. The zero-order valence-corrected chi connectivity index (χ0v) is 17.2. The number of nitrogens with zero attached hydrogens (tertiary/aromatic N) is 2. The number of nitrogens with one attached hydrogen (secondary N) is 1. The summed E-state index contributed by atoms with van der Waals surface area (Å²) in [5, 5.41) is 9.07. The van der Waals surface area contributed by atoms with Gasteiger partial charge < -0.3 is 9.64 Å². The summed E-state index contributed by atoms with van der Waals surface area (Å²) in [5.41, 5.74) is 0.657. The number of hydrogen-bond donors (Lipinski definition) is 1. The highest BCUT2D eigenvalue weighted by atomic mass is 32.2. The van der Waals surface area contributed by atoms with E-state index in [4.69, 9.17) is 4.74 Å². The van der Waals surface area contributed by atoms with Crippen LogP contribution >= 0.6 is 0 Å². The third-order valence-corrected chi connectivity index (χ3v) is 6.57. The van der Waals surface area contributed by atoms with E-state index in [9.17, 15) is 8.42 Å². The highest BCUT2D eigenvalue weighted by Crippen LogP contribution is 2.32. The van der Waals surface area contributed by atoms with Gasteiger partial charge in [0.25, 0.3) is 0 Å². The van der Waals surface area contributed by atoms with E-state index in [2.05, 4.69) is 15.1 Å². The maximum absolute atomic E-state index is 13.4. The monoisotopic (exact) mass is 409 g/mol. The van der Waals surface area contributed by atoms with E-state index in [1.807, 2.05) is 50.5 Å². The molecule has 0 bridgehead atoms. The third kappa shape index (κ3) is 3.83. The Balaban J connectivity index is 1.72. The molecule has 0 aliphatic rings. The molecule has 29 heavy (non-hydrogen) atoms. The van der Waals surface area contributed by atoms with Crippen molar-refractivity contribution in [2.45, 2.75) is 16.3 Å². The Bertz CT molecular complexity index is 1260. The zero-order valence-electron chi connectivity index (χ0n) is 16.4. The van der Waals surface area contributed by atoms with Crippen molar-refractivity contribution in [3.05, 3.63) is 60.7 Å². The normalized spacial score (nSPS) is 12.1. The van der Waals surface area contributed by atoms with Gasteiger partial charge >= 0.3 is 0 Å². The van der Waals surface area contributed by atoms with Crippen LogP contribution in [0.2, 0.25) is 0 Å². The topological polar surface area (TPSA) is 75.3 Å². The Labute approximate surface area is 170 Å². The second-order valence-corrected chi connectivity index (χ2v) is 9.06. The number of H-pyrrole nitrogens is 1. The van der Waals surface area contributed by atoms with Crippen molar-refractivity contribution in [1.82, 2.24) is 15.1 Å². The van der Waals surface area contributed by atoms with Gasteiger partial charge in [-0.25, -0.2) is 8.42 Å². The average molecular weight is 410 g/mol. The maximum Gasteiger partial charge on any atom is 0.226 e. The standard InChI is InChI=1S/C22H23N3O3S/c1-25(2)13-6-14-28-17-11-12-20-19(15-17)22(24-23-20)29(26,27)21-10-5-8-16-7-3-4-9-18(16)21/h3-5,7-12,15H,6,13-14H2,1-2H3,(H,23,24). The lowest BCUT2D eigenvalue weighted by atomic mass is 10.1. The van der Waals surface area contributed by atoms with Crippen LogP contribution in [0.1, 0.15) is 6.42 Å². The Kier molecular flexibility index (Phi) is 5.25. The minimum Gasteiger partial charge on any atom is -0.494 e. The van der Waals surface area contributed by atoms with Gasteiger partial charge in [-0.3, -0.25) is 5.10 Å². The van der Waals surface area contributed by atoms with Crippen LogP contribution in [-0.2, 0) is 9.84 Å². The summed E-state index contributed by atoms with van der Waals surface area (Å²) < 4.78 is 32.7. The van der Waals surface area contributed by atoms with Crippen LogP contribution < -0.4 is 4.74 Å². The molecule has 0 atom stereocenters. The molecule has 1 N–H and O–H groups in total. The molecule has 6 nitrogen and oxygen atoms in total. The Morgan fingerprint density at radius 3 is 2.62 bits per heavy atom. The molecule has 0 saturated carbocycles. The lowest BCUT2D eigenvalue weighted by Crippen LogP contribution is -2.15. The summed E-state index contributed by atoms with van der Waals surface area (Å²) in [7, 11) is 0.225. The fourth-order valence-corrected chi connectivity index (χ4v) is 4.93. The van der Waals surface area contributed by atoms with Gasteiger partial charge in [0, 0.05) is 17.3 Å². The van der Waals surface area contributed by atoms with E-state index in [0.29, 0.717) is 28.6 Å². The predicted molar refractivity (Wildman–Crippen MR) is 114 cm³/mol. The lowest BCUT2D eigenvalue weighted by Gasteiger charge is -2.10. The van der Waals surface area contributed by atoms with Crippen molar-refractivity contribution in [2.75, 3.05) is 27.2 Å². The highest BCUT2D eigenvalue weighted by Gasteiger charge is 2.25. The molecule has 3 aromatic carbocycles. The molecule has 4 rings (SSSR count). The van der Waals surface area contributed by atoms with Gasteiger partial charge in [0.15, 0.2) is 5.03 Å². The molecule has 0 saturated heterocycles. The number of benzene rings is 3. The number of fused-ring (bicyclic) bond motifs is 2. The molecular weight excluding hydrogens is 386 g/mol. The summed E-state index contributed by atoms with van der Waals surface area (Å²) in [4.78, 5) is 2.35. The maximum atomic E-state index is 13.4. The first-order valence-electron chi connectivity index (χ1n) is 9.45. The van der Waals surface area contributed by atoms with Crippen molar-refractivity contribution in [3.63, 3.8) is 0 Å². The van der Waals surface area contributed by atoms with Gasteiger partial charge in [-0.2, -0.15) is 5.10 Å². The number of rotatable bonds is 7. The predicted octanol–water partition coefficient (Wildman–Crippen LogP) is 3.88. The molecule has 0 radical (unpaired) electrons. The van der Waals surface area contributed by atoms with Gasteiger partial charge in [-0.1, -0.05) is 36.4 Å². The van der Waals surface area contributed by atoms with E-state index in [1.54, 1.807) is 24.3 Å². The highest BCUT2D eigenvalue weighted by molar-refractivity contribution is 7.91. The number of ether oxygens (including phenoxy) is 1. The van der Waals surface area contributed by atoms with Gasteiger partial charge in [-0.15, -0.1) is 0 Å². The second kappa shape index (κ2) is 7.85. The first kappa shape index (κ1) is 19.4. The molecule has 1 aromatic heterocycles. The van der Waals surface area contributed by atoms with Gasteiger partial charge in [-0.05, 0) is 50.2 Å². The summed E-state index contributed by atoms with van der Waals surface area (Å²) >= 11 is 0. The second-order valence-electron chi connectivity index (χ2n) is 7.22. The molecular formula is C22H23N3O3S. The van der Waals surface area contributed by atoms with Crippen LogP contribution in [-0.4, -0.2) is 50.8 Å². The minimum atomic E-state index is -3.81. The number of aromatic nitrogens is 2. The van der Waals surface area contributed by atoms with Crippen LogP contribution in [0.15, 0.2) is 70.6 Å². The van der Waals surface area contributed by atoms with Gasteiger partial charge in [0.1, 0.15) is 5.75 Å². The quantitative estimate of drug-likeness (QED) is 0.469. The van der Waals surface area contributed by atoms with Crippen molar-refractivity contribution in [1.29, 1.82) is 0 Å². The smallest absolute Gasteiger partial charge is 0.226 e. The first-order chi connectivity index (χ1) is 14.0. The minimum absolute atomic E-state index is 0.0163. The van der Waals surface area contributed by atoms with Crippen LogP contribution in [0, 0.1) is 0 Å². The molecule has 0 aliphatic heterocycles. The first-order valence-corrected chi connectivity index (χ1v) is 10.9. The van der Waals surface area contributed by atoms with E-state index in [-0.39, 0.29) is 9.92 Å². The molecule has 4 aromatic rings.